The monoisotopic (exact) mass is 408 g/mol. The van der Waals surface area contributed by atoms with Crippen molar-refractivity contribution in [3.05, 3.63) is 65.9 Å². The quantitative estimate of drug-likeness (QED) is 0.495. The molecule has 0 aliphatic carbocycles. The van der Waals surface area contributed by atoms with Gasteiger partial charge in [0, 0.05) is 42.2 Å². The SMILES string of the molecule is C=C(c1cnc(C(=O)OC)cc1NCC(C)(F)F)c1cnc2c(F)cc(F)cn12. The van der Waals surface area contributed by atoms with Crippen LogP contribution >= 0.6 is 0 Å². The Balaban J connectivity index is 2.09. The Kier molecular flexibility index (Phi) is 5.27. The number of imidazole rings is 1. The number of hydrogen-bond acceptors (Lipinski definition) is 5. The number of methoxy groups -OCH3 is 1. The predicted octanol–water partition coefficient (Wildman–Crippen LogP) is 3.92. The standard InChI is InChI=1S/C19H16F4N4O2/c1-10(16-7-25-17-13(21)4-11(20)8-27(16)17)12-6-24-15(18(28)29-3)5-14(12)26-9-19(2,22)23/h4-8H,1,9H2,2-3H3,(H,24,26). The molecule has 152 valence electrons. The van der Waals surface area contributed by atoms with Crippen molar-refractivity contribution < 1.29 is 27.1 Å². The lowest BCUT2D eigenvalue weighted by atomic mass is 10.0. The summed E-state index contributed by atoms with van der Waals surface area (Å²) in [6.45, 7) is 3.89. The van der Waals surface area contributed by atoms with E-state index in [1.165, 1.54) is 18.5 Å². The summed E-state index contributed by atoms with van der Waals surface area (Å²) >= 11 is 0. The predicted molar refractivity (Wildman–Crippen MR) is 97.9 cm³/mol. The summed E-state index contributed by atoms with van der Waals surface area (Å²) in [7, 11) is 1.16. The summed E-state index contributed by atoms with van der Waals surface area (Å²) in [5, 5.41) is 2.55. The van der Waals surface area contributed by atoms with Gasteiger partial charge in [-0.25, -0.2) is 32.3 Å². The van der Waals surface area contributed by atoms with Crippen molar-refractivity contribution in [2.24, 2.45) is 0 Å². The largest absolute Gasteiger partial charge is 0.464 e. The molecule has 0 fully saturated rings. The van der Waals surface area contributed by atoms with E-state index in [9.17, 15) is 22.4 Å². The lowest BCUT2D eigenvalue weighted by Gasteiger charge is -2.17. The number of hydrogen-bond donors (Lipinski definition) is 1. The molecule has 0 saturated heterocycles. The lowest BCUT2D eigenvalue weighted by molar-refractivity contribution is 0.0367. The molecule has 0 spiro atoms. The van der Waals surface area contributed by atoms with Crippen molar-refractivity contribution in [1.29, 1.82) is 0 Å². The second kappa shape index (κ2) is 7.53. The number of halogens is 4. The number of carbonyl (C=O) groups is 1. The van der Waals surface area contributed by atoms with Crippen molar-refractivity contribution in [2.75, 3.05) is 19.0 Å². The van der Waals surface area contributed by atoms with Gasteiger partial charge >= 0.3 is 5.97 Å². The van der Waals surface area contributed by atoms with Gasteiger partial charge in [0.1, 0.15) is 11.5 Å². The van der Waals surface area contributed by atoms with Crippen LogP contribution in [0.1, 0.15) is 28.7 Å². The van der Waals surface area contributed by atoms with Crippen LogP contribution in [0.3, 0.4) is 0 Å². The number of carbonyl (C=O) groups excluding carboxylic acids is 1. The number of alkyl halides is 2. The molecule has 0 aliphatic heterocycles. The van der Waals surface area contributed by atoms with E-state index in [0.717, 1.165) is 24.6 Å². The molecule has 0 bridgehead atoms. The molecule has 0 amide bonds. The lowest BCUT2D eigenvalue weighted by Crippen LogP contribution is -2.23. The van der Waals surface area contributed by atoms with Gasteiger partial charge in [0.05, 0.1) is 25.5 Å². The Morgan fingerprint density at radius 1 is 1.28 bits per heavy atom. The maximum Gasteiger partial charge on any atom is 0.356 e. The first-order chi connectivity index (χ1) is 13.6. The number of esters is 1. The molecular formula is C19H16F4N4O2. The van der Waals surface area contributed by atoms with Gasteiger partial charge in [0.2, 0.25) is 0 Å². The highest BCUT2D eigenvalue weighted by Crippen LogP contribution is 2.30. The van der Waals surface area contributed by atoms with Gasteiger partial charge in [-0.05, 0) is 6.07 Å². The minimum Gasteiger partial charge on any atom is -0.464 e. The zero-order valence-corrected chi connectivity index (χ0v) is 15.5. The third-order valence-corrected chi connectivity index (χ3v) is 4.05. The molecule has 3 heterocycles. The van der Waals surface area contributed by atoms with Crippen LogP contribution in [-0.2, 0) is 4.74 Å². The minimum atomic E-state index is -3.04. The molecule has 6 nitrogen and oxygen atoms in total. The Labute approximate surface area is 162 Å². The van der Waals surface area contributed by atoms with Crippen LogP contribution in [0.15, 0.2) is 37.3 Å². The van der Waals surface area contributed by atoms with E-state index in [1.54, 1.807) is 0 Å². The minimum absolute atomic E-state index is 0.110. The number of pyridine rings is 2. The molecule has 3 rings (SSSR count). The maximum absolute atomic E-state index is 13.9. The van der Waals surface area contributed by atoms with Crippen molar-refractivity contribution in [2.45, 2.75) is 12.8 Å². The van der Waals surface area contributed by atoms with Crippen LogP contribution in [0.5, 0.6) is 0 Å². The topological polar surface area (TPSA) is 68.5 Å². The number of fused-ring (bicyclic) bond motifs is 1. The molecule has 0 atom stereocenters. The van der Waals surface area contributed by atoms with E-state index in [1.807, 2.05) is 0 Å². The van der Waals surface area contributed by atoms with Gasteiger partial charge in [0.25, 0.3) is 5.92 Å². The highest BCUT2D eigenvalue weighted by molar-refractivity contribution is 5.91. The Morgan fingerprint density at radius 3 is 2.66 bits per heavy atom. The van der Waals surface area contributed by atoms with Crippen LogP contribution in [0.4, 0.5) is 23.2 Å². The third kappa shape index (κ3) is 4.20. The van der Waals surface area contributed by atoms with Crippen molar-refractivity contribution in [1.82, 2.24) is 14.4 Å². The number of rotatable bonds is 6. The highest BCUT2D eigenvalue weighted by atomic mass is 19.3. The molecule has 0 aromatic carbocycles. The fourth-order valence-electron chi connectivity index (χ4n) is 2.68. The summed E-state index contributed by atoms with van der Waals surface area (Å²) in [5.74, 6) is -5.49. The number of nitrogens with zero attached hydrogens (tertiary/aromatic N) is 3. The first-order valence-electron chi connectivity index (χ1n) is 8.32. The van der Waals surface area contributed by atoms with Gasteiger partial charge in [-0.2, -0.15) is 0 Å². The van der Waals surface area contributed by atoms with E-state index in [2.05, 4.69) is 26.6 Å². The highest BCUT2D eigenvalue weighted by Gasteiger charge is 2.23. The second-order valence-electron chi connectivity index (χ2n) is 6.35. The fraction of sp³-hybridized carbons (Fsp3) is 0.211. The first-order valence-corrected chi connectivity index (χ1v) is 8.32. The van der Waals surface area contributed by atoms with Crippen molar-refractivity contribution >= 4 is 22.9 Å². The Morgan fingerprint density at radius 2 is 2.00 bits per heavy atom. The number of nitrogens with one attached hydrogen (secondary N) is 1. The van der Waals surface area contributed by atoms with E-state index >= 15 is 0 Å². The summed E-state index contributed by atoms with van der Waals surface area (Å²) in [5.41, 5.74) is 0.551. The Hall–Kier alpha value is -3.43. The molecule has 1 N–H and O–H groups in total. The van der Waals surface area contributed by atoms with Gasteiger partial charge < -0.3 is 10.1 Å². The van der Waals surface area contributed by atoms with Gasteiger partial charge in [0.15, 0.2) is 11.5 Å². The van der Waals surface area contributed by atoms with Crippen LogP contribution in [0, 0.1) is 11.6 Å². The molecule has 0 radical (unpaired) electrons. The number of ether oxygens (including phenoxy) is 1. The molecule has 10 heteroatoms. The van der Waals surface area contributed by atoms with Crippen molar-refractivity contribution in [3.8, 4) is 0 Å². The zero-order valence-electron chi connectivity index (χ0n) is 15.5. The van der Waals surface area contributed by atoms with E-state index in [0.29, 0.717) is 6.07 Å². The van der Waals surface area contributed by atoms with Crippen molar-refractivity contribution in [3.63, 3.8) is 0 Å². The van der Waals surface area contributed by atoms with E-state index in [4.69, 9.17) is 0 Å². The Bertz CT molecular complexity index is 1110. The van der Waals surface area contributed by atoms with Crippen LogP contribution in [-0.4, -0.2) is 39.9 Å². The molecule has 29 heavy (non-hydrogen) atoms. The first kappa shape index (κ1) is 20.3. The second-order valence-corrected chi connectivity index (χ2v) is 6.35. The fourth-order valence-corrected chi connectivity index (χ4v) is 2.68. The van der Waals surface area contributed by atoms with Crippen LogP contribution in [0.25, 0.3) is 11.2 Å². The van der Waals surface area contributed by atoms with Gasteiger partial charge in [-0.3, -0.25) is 4.40 Å². The zero-order chi connectivity index (χ0) is 21.3. The maximum atomic E-state index is 13.9. The van der Waals surface area contributed by atoms with E-state index in [-0.39, 0.29) is 33.9 Å². The summed E-state index contributed by atoms with van der Waals surface area (Å²) in [6.07, 6.45) is 3.53. The average Bonchev–Trinajstić information content (AvgIpc) is 3.08. The summed E-state index contributed by atoms with van der Waals surface area (Å²) in [4.78, 5) is 19.6. The summed E-state index contributed by atoms with van der Waals surface area (Å²) in [6, 6.07) is 1.93. The molecule has 0 aliphatic rings. The van der Waals surface area contributed by atoms with Crippen LogP contribution in [0.2, 0.25) is 0 Å². The number of anilines is 1. The third-order valence-electron chi connectivity index (χ3n) is 4.05. The molecule has 0 saturated carbocycles. The molecule has 3 aromatic heterocycles. The van der Waals surface area contributed by atoms with Crippen LogP contribution < -0.4 is 5.32 Å². The molecular weight excluding hydrogens is 392 g/mol. The smallest absolute Gasteiger partial charge is 0.356 e. The normalized spacial score (nSPS) is 11.5. The van der Waals surface area contributed by atoms with E-state index < -0.39 is 30.1 Å². The van der Waals surface area contributed by atoms with Gasteiger partial charge in [-0.15, -0.1) is 0 Å². The average molecular weight is 408 g/mol. The summed E-state index contributed by atoms with van der Waals surface area (Å²) < 4.78 is 60.0. The molecule has 0 unspecified atom stereocenters. The van der Waals surface area contributed by atoms with Gasteiger partial charge in [-0.1, -0.05) is 6.58 Å². The molecule has 3 aromatic rings. The number of aromatic nitrogens is 3.